The number of nitrogens with zero attached hydrogens (tertiary/aromatic N) is 1. The van der Waals surface area contributed by atoms with E-state index >= 15 is 0 Å². The normalized spacial score (nSPS) is 16.6. The lowest BCUT2D eigenvalue weighted by Gasteiger charge is -2.13. The van der Waals surface area contributed by atoms with Crippen LogP contribution in [-0.2, 0) is 6.42 Å². The van der Waals surface area contributed by atoms with E-state index in [1.807, 2.05) is 24.3 Å². The summed E-state index contributed by atoms with van der Waals surface area (Å²) in [6.07, 6.45) is 3.08. The van der Waals surface area contributed by atoms with Gasteiger partial charge in [0, 0.05) is 23.5 Å². The van der Waals surface area contributed by atoms with Crippen molar-refractivity contribution >= 4 is 17.6 Å². The van der Waals surface area contributed by atoms with Crippen molar-refractivity contribution in [2.45, 2.75) is 26.2 Å². The van der Waals surface area contributed by atoms with Gasteiger partial charge in [-0.15, -0.1) is 0 Å². The Morgan fingerprint density at radius 1 is 1.29 bits per heavy atom. The lowest BCUT2D eigenvalue weighted by Crippen LogP contribution is -2.38. The molecule has 116 valence electrons. The Balaban J connectivity index is 1.79. The Hall–Kier alpha value is -1.26. The minimum absolute atomic E-state index is 0.0541. The number of hydrogen-bond donors (Lipinski definition) is 3. The van der Waals surface area contributed by atoms with Crippen molar-refractivity contribution < 1.29 is 5.11 Å². The molecule has 0 spiro atoms. The van der Waals surface area contributed by atoms with Gasteiger partial charge < -0.3 is 15.7 Å². The molecule has 1 aliphatic carbocycles. The van der Waals surface area contributed by atoms with Crippen molar-refractivity contribution in [3.63, 3.8) is 0 Å². The van der Waals surface area contributed by atoms with Gasteiger partial charge in [-0.1, -0.05) is 23.7 Å². The van der Waals surface area contributed by atoms with Crippen LogP contribution in [-0.4, -0.2) is 37.3 Å². The van der Waals surface area contributed by atoms with Crippen molar-refractivity contribution in [2.24, 2.45) is 10.4 Å². The molecule has 1 saturated carbocycles. The quantitative estimate of drug-likeness (QED) is 0.535. The molecule has 1 aromatic carbocycles. The lowest BCUT2D eigenvalue weighted by atomic mass is 10.1. The van der Waals surface area contributed by atoms with Gasteiger partial charge in [-0.2, -0.15) is 0 Å². The largest absolute Gasteiger partial charge is 0.396 e. The molecule has 1 fully saturated rings. The molecule has 2 rings (SSSR count). The second kappa shape index (κ2) is 7.66. The highest BCUT2D eigenvalue weighted by Crippen LogP contribution is 2.45. The van der Waals surface area contributed by atoms with Crippen molar-refractivity contribution in [1.29, 1.82) is 0 Å². The maximum Gasteiger partial charge on any atom is 0.191 e. The first-order chi connectivity index (χ1) is 10.2. The summed E-state index contributed by atoms with van der Waals surface area (Å²) in [4.78, 5) is 4.58. The van der Waals surface area contributed by atoms with E-state index in [4.69, 9.17) is 11.6 Å². The van der Waals surface area contributed by atoms with Gasteiger partial charge in [0.05, 0.1) is 13.2 Å². The monoisotopic (exact) mass is 309 g/mol. The van der Waals surface area contributed by atoms with Gasteiger partial charge in [-0.3, -0.25) is 4.99 Å². The van der Waals surface area contributed by atoms with Gasteiger partial charge >= 0.3 is 0 Å². The molecule has 4 nitrogen and oxygen atoms in total. The van der Waals surface area contributed by atoms with E-state index in [1.165, 1.54) is 5.56 Å². The molecule has 0 aliphatic heterocycles. The van der Waals surface area contributed by atoms with Gasteiger partial charge in [0.15, 0.2) is 5.96 Å². The molecule has 3 N–H and O–H groups in total. The van der Waals surface area contributed by atoms with Crippen LogP contribution in [0.2, 0.25) is 5.02 Å². The number of guanidine groups is 1. The highest BCUT2D eigenvalue weighted by Gasteiger charge is 2.41. The first kappa shape index (κ1) is 16.1. The molecule has 0 saturated heterocycles. The van der Waals surface area contributed by atoms with Gasteiger partial charge in [0.1, 0.15) is 0 Å². The van der Waals surface area contributed by atoms with E-state index in [-0.39, 0.29) is 12.0 Å². The number of aliphatic hydroxyl groups excluding tert-OH is 1. The van der Waals surface area contributed by atoms with Crippen LogP contribution in [0.25, 0.3) is 0 Å². The van der Waals surface area contributed by atoms with Gasteiger partial charge in [-0.25, -0.2) is 0 Å². The minimum atomic E-state index is 0.0541. The predicted molar refractivity (Wildman–Crippen MR) is 87.9 cm³/mol. The first-order valence-electron chi connectivity index (χ1n) is 7.55. The smallest absolute Gasteiger partial charge is 0.191 e. The average Bonchev–Trinajstić information content (AvgIpc) is 3.27. The molecule has 21 heavy (non-hydrogen) atoms. The van der Waals surface area contributed by atoms with Gasteiger partial charge in [0.2, 0.25) is 0 Å². The predicted octanol–water partition coefficient (Wildman–Crippen LogP) is 2.21. The standard InChI is InChI=1S/C16H24ClN3O/c1-2-18-15(20-11-16(12-21)8-9-16)19-10-7-13-3-5-14(17)6-4-13/h3-6,21H,2,7-12H2,1H3,(H2,18,19,20). The topological polar surface area (TPSA) is 56.7 Å². The molecule has 5 heteroatoms. The summed E-state index contributed by atoms with van der Waals surface area (Å²) >= 11 is 5.88. The summed E-state index contributed by atoms with van der Waals surface area (Å²) in [5, 5.41) is 16.7. The third-order valence-corrected chi connectivity index (χ3v) is 4.08. The number of rotatable bonds is 7. The van der Waals surface area contributed by atoms with Crippen LogP contribution in [0, 0.1) is 5.41 Å². The van der Waals surface area contributed by atoms with Crippen molar-refractivity contribution in [3.8, 4) is 0 Å². The number of aliphatic imine (C=N–C) groups is 1. The molecular formula is C16H24ClN3O. The molecule has 1 aliphatic rings. The summed E-state index contributed by atoms with van der Waals surface area (Å²) in [6, 6.07) is 7.90. The number of benzene rings is 1. The summed E-state index contributed by atoms with van der Waals surface area (Å²) < 4.78 is 0. The zero-order valence-electron chi connectivity index (χ0n) is 12.5. The minimum Gasteiger partial charge on any atom is -0.396 e. The summed E-state index contributed by atoms with van der Waals surface area (Å²) in [5.74, 6) is 0.825. The van der Waals surface area contributed by atoms with Crippen LogP contribution >= 0.6 is 11.6 Å². The Bertz CT molecular complexity index is 469. The van der Waals surface area contributed by atoms with E-state index in [0.29, 0.717) is 6.54 Å². The molecule has 0 heterocycles. The summed E-state index contributed by atoms with van der Waals surface area (Å²) in [6.45, 7) is 4.63. The third-order valence-electron chi connectivity index (χ3n) is 3.83. The fourth-order valence-corrected chi connectivity index (χ4v) is 2.23. The second-order valence-corrected chi connectivity index (χ2v) is 6.09. The van der Waals surface area contributed by atoms with Crippen LogP contribution in [0.5, 0.6) is 0 Å². The van der Waals surface area contributed by atoms with Crippen LogP contribution in [0.3, 0.4) is 0 Å². The average molecular weight is 310 g/mol. The van der Waals surface area contributed by atoms with E-state index in [0.717, 1.165) is 43.3 Å². The van der Waals surface area contributed by atoms with Crippen LogP contribution in [0.4, 0.5) is 0 Å². The number of nitrogens with one attached hydrogen (secondary N) is 2. The van der Waals surface area contributed by atoms with E-state index < -0.39 is 0 Å². The fraction of sp³-hybridized carbons (Fsp3) is 0.562. The Labute approximate surface area is 131 Å². The van der Waals surface area contributed by atoms with E-state index in [9.17, 15) is 5.11 Å². The van der Waals surface area contributed by atoms with Crippen molar-refractivity contribution in [2.75, 3.05) is 26.2 Å². The highest BCUT2D eigenvalue weighted by atomic mass is 35.5. The fourth-order valence-electron chi connectivity index (χ4n) is 2.11. The molecule has 0 bridgehead atoms. The maximum atomic E-state index is 9.33. The Kier molecular flexibility index (Phi) is 5.88. The second-order valence-electron chi connectivity index (χ2n) is 5.66. The molecule has 0 unspecified atom stereocenters. The maximum absolute atomic E-state index is 9.33. The SMILES string of the molecule is CCNC(=NCC1(CO)CC1)NCCc1ccc(Cl)cc1. The molecular weight excluding hydrogens is 286 g/mol. The summed E-state index contributed by atoms with van der Waals surface area (Å²) in [5.41, 5.74) is 1.30. The van der Waals surface area contributed by atoms with Crippen molar-refractivity contribution in [3.05, 3.63) is 34.9 Å². The van der Waals surface area contributed by atoms with Crippen LogP contribution < -0.4 is 10.6 Å². The zero-order chi connectivity index (χ0) is 15.1. The zero-order valence-corrected chi connectivity index (χ0v) is 13.3. The van der Waals surface area contributed by atoms with E-state index in [2.05, 4.69) is 22.5 Å². The Morgan fingerprint density at radius 3 is 2.57 bits per heavy atom. The van der Waals surface area contributed by atoms with Crippen LogP contribution in [0.15, 0.2) is 29.3 Å². The van der Waals surface area contributed by atoms with Crippen molar-refractivity contribution in [1.82, 2.24) is 10.6 Å². The summed E-state index contributed by atoms with van der Waals surface area (Å²) in [7, 11) is 0. The molecule has 0 aromatic heterocycles. The third kappa shape index (κ3) is 5.21. The first-order valence-corrected chi connectivity index (χ1v) is 7.93. The highest BCUT2D eigenvalue weighted by molar-refractivity contribution is 6.30. The lowest BCUT2D eigenvalue weighted by molar-refractivity contribution is 0.217. The van der Waals surface area contributed by atoms with Crippen LogP contribution in [0.1, 0.15) is 25.3 Å². The number of halogens is 1. The molecule has 0 radical (unpaired) electrons. The molecule has 0 amide bonds. The van der Waals surface area contributed by atoms with E-state index in [1.54, 1.807) is 0 Å². The van der Waals surface area contributed by atoms with Gasteiger partial charge in [0.25, 0.3) is 0 Å². The number of aliphatic hydroxyl groups is 1. The number of hydrogen-bond acceptors (Lipinski definition) is 2. The molecule has 0 atom stereocenters. The molecule has 1 aromatic rings. The van der Waals surface area contributed by atoms with Gasteiger partial charge in [-0.05, 0) is 43.9 Å². The Morgan fingerprint density at radius 2 is 2.00 bits per heavy atom.